The van der Waals surface area contributed by atoms with Gasteiger partial charge in [-0.25, -0.2) is 0 Å². The quantitative estimate of drug-likeness (QED) is 0.632. The summed E-state index contributed by atoms with van der Waals surface area (Å²) in [4.78, 5) is 11.3. The normalized spacial score (nSPS) is 31.2. The van der Waals surface area contributed by atoms with E-state index in [1.165, 1.54) is 0 Å². The minimum Gasteiger partial charge on any atom is -0.369 e. The molecule has 12 heavy (non-hydrogen) atoms. The van der Waals surface area contributed by atoms with Crippen LogP contribution in [0.1, 0.15) is 27.7 Å². The lowest BCUT2D eigenvalue weighted by atomic mass is 10.0. The Balaban J connectivity index is 2.56. The summed E-state index contributed by atoms with van der Waals surface area (Å²) in [5.41, 5.74) is -0.0255. The highest BCUT2D eigenvalue weighted by Gasteiger charge is 2.34. The molecule has 0 aliphatic carbocycles. The van der Waals surface area contributed by atoms with Crippen molar-refractivity contribution in [3.63, 3.8) is 0 Å². The number of carbonyl (C=O) groups is 1. The van der Waals surface area contributed by atoms with E-state index in [9.17, 15) is 4.79 Å². The van der Waals surface area contributed by atoms with E-state index in [-0.39, 0.29) is 30.1 Å². The van der Waals surface area contributed by atoms with Gasteiger partial charge in [-0.3, -0.25) is 4.79 Å². The zero-order valence-electron chi connectivity index (χ0n) is 8.18. The van der Waals surface area contributed by atoms with Gasteiger partial charge in [0.05, 0.1) is 12.1 Å². The molecule has 0 radical (unpaired) electrons. The van der Waals surface area contributed by atoms with E-state index in [1.807, 2.05) is 27.7 Å². The van der Waals surface area contributed by atoms with Gasteiger partial charge in [0.25, 0.3) is 0 Å². The number of nitrogens with one attached hydrogen (secondary N) is 1. The van der Waals surface area contributed by atoms with Crippen molar-refractivity contribution in [2.75, 3.05) is 6.61 Å². The Morgan fingerprint density at radius 2 is 2.08 bits per heavy atom. The van der Waals surface area contributed by atoms with E-state index in [4.69, 9.17) is 4.74 Å². The first-order valence-electron chi connectivity index (χ1n) is 4.32. The molecule has 3 heteroatoms. The molecule has 70 valence electrons. The van der Waals surface area contributed by atoms with Crippen LogP contribution in [0.3, 0.4) is 0 Å². The van der Waals surface area contributed by atoms with E-state index >= 15 is 0 Å². The maximum atomic E-state index is 11.3. The van der Waals surface area contributed by atoms with E-state index < -0.39 is 0 Å². The fraction of sp³-hybridized carbons (Fsp3) is 0.889. The monoisotopic (exact) mass is 171 g/mol. The Morgan fingerprint density at radius 1 is 1.50 bits per heavy atom. The maximum Gasteiger partial charge on any atom is 0.177 e. The summed E-state index contributed by atoms with van der Waals surface area (Å²) in [7, 11) is 0. The number of carbonyl (C=O) groups excluding carboxylic acids is 1. The van der Waals surface area contributed by atoms with Crippen LogP contribution in [0.4, 0.5) is 0 Å². The molecule has 1 heterocycles. The van der Waals surface area contributed by atoms with Gasteiger partial charge in [0.1, 0.15) is 6.61 Å². The number of rotatable bonds is 1. The average molecular weight is 171 g/mol. The van der Waals surface area contributed by atoms with Crippen LogP contribution in [0, 0.1) is 0 Å². The van der Waals surface area contributed by atoms with Gasteiger partial charge in [-0.2, -0.15) is 0 Å². The second-order valence-corrected chi connectivity index (χ2v) is 4.35. The number of ketones is 1. The first-order valence-corrected chi connectivity index (χ1v) is 4.32. The van der Waals surface area contributed by atoms with E-state index in [1.54, 1.807) is 0 Å². The van der Waals surface area contributed by atoms with Crippen molar-refractivity contribution >= 4 is 5.78 Å². The van der Waals surface area contributed by atoms with Crippen molar-refractivity contribution < 1.29 is 9.53 Å². The van der Waals surface area contributed by atoms with E-state index in [2.05, 4.69) is 5.32 Å². The van der Waals surface area contributed by atoms with Crippen LogP contribution in [-0.2, 0) is 9.53 Å². The third-order valence-electron chi connectivity index (χ3n) is 1.89. The summed E-state index contributed by atoms with van der Waals surface area (Å²) < 4.78 is 5.21. The molecule has 1 aliphatic rings. The molecule has 2 unspecified atom stereocenters. The van der Waals surface area contributed by atoms with Gasteiger partial charge in [-0.05, 0) is 27.7 Å². The molecule has 0 aromatic rings. The summed E-state index contributed by atoms with van der Waals surface area (Å²) in [5, 5.41) is 3.24. The van der Waals surface area contributed by atoms with Crippen LogP contribution in [0.15, 0.2) is 0 Å². The molecule has 0 saturated carbocycles. The Labute approximate surface area is 73.5 Å². The van der Waals surface area contributed by atoms with Crippen LogP contribution in [0.5, 0.6) is 0 Å². The molecular formula is C9H17NO2. The smallest absolute Gasteiger partial charge is 0.177 e. The van der Waals surface area contributed by atoms with E-state index in [0.717, 1.165) is 0 Å². The molecule has 1 N–H and O–H groups in total. The average Bonchev–Trinajstić information content (AvgIpc) is 2.16. The van der Waals surface area contributed by atoms with Crippen LogP contribution in [0.2, 0.25) is 0 Å². The topological polar surface area (TPSA) is 38.3 Å². The van der Waals surface area contributed by atoms with Gasteiger partial charge in [-0.1, -0.05) is 0 Å². The number of Topliss-reactive ketones (excluding diaryl/α,β-unsaturated/α-hetero) is 1. The molecule has 3 nitrogen and oxygen atoms in total. The Hall–Kier alpha value is -0.410. The molecule has 1 rings (SSSR count). The zero-order chi connectivity index (χ0) is 9.35. The van der Waals surface area contributed by atoms with Crippen LogP contribution in [-0.4, -0.2) is 30.1 Å². The van der Waals surface area contributed by atoms with Gasteiger partial charge in [0, 0.05) is 5.54 Å². The molecule has 0 aromatic carbocycles. The number of hydrogen-bond donors (Lipinski definition) is 1. The highest BCUT2D eigenvalue weighted by molar-refractivity contribution is 5.87. The lowest BCUT2D eigenvalue weighted by Gasteiger charge is -2.26. The Kier molecular flexibility index (Phi) is 2.54. The highest BCUT2D eigenvalue weighted by Crippen LogP contribution is 2.13. The Bertz CT molecular complexity index is 183. The minimum absolute atomic E-state index is 0.0109. The molecule has 1 fully saturated rings. The summed E-state index contributed by atoms with van der Waals surface area (Å²) in [6, 6.07) is -0.120. The van der Waals surface area contributed by atoms with E-state index in [0.29, 0.717) is 0 Å². The number of ether oxygens (including phenoxy) is 1. The third kappa shape index (κ3) is 2.29. The van der Waals surface area contributed by atoms with Crippen molar-refractivity contribution in [3.8, 4) is 0 Å². The van der Waals surface area contributed by atoms with Gasteiger partial charge in [0.15, 0.2) is 5.78 Å². The lowest BCUT2D eigenvalue weighted by Crippen LogP contribution is -2.49. The molecule has 1 saturated heterocycles. The summed E-state index contributed by atoms with van der Waals surface area (Å²) in [6.07, 6.45) is 0.0109. The fourth-order valence-corrected chi connectivity index (χ4v) is 1.33. The molecule has 2 atom stereocenters. The SMILES string of the molecule is CC1OCC(=O)C1NC(C)(C)C. The summed E-state index contributed by atoms with van der Waals surface area (Å²) >= 11 is 0. The van der Waals surface area contributed by atoms with Gasteiger partial charge in [-0.15, -0.1) is 0 Å². The summed E-state index contributed by atoms with van der Waals surface area (Å²) in [5.74, 6) is 0.164. The standard InChI is InChI=1S/C9H17NO2/c1-6-8(7(11)5-12-6)10-9(2,3)4/h6,8,10H,5H2,1-4H3. The summed E-state index contributed by atoms with van der Waals surface area (Å²) in [6.45, 7) is 8.32. The highest BCUT2D eigenvalue weighted by atomic mass is 16.5. The first-order chi connectivity index (χ1) is 5.40. The maximum absolute atomic E-state index is 11.3. The minimum atomic E-state index is -0.120. The van der Waals surface area contributed by atoms with Gasteiger partial charge in [0.2, 0.25) is 0 Å². The predicted octanol–water partition coefficient (Wildman–Crippen LogP) is 0.731. The predicted molar refractivity (Wildman–Crippen MR) is 47.1 cm³/mol. The molecular weight excluding hydrogens is 154 g/mol. The molecule has 0 bridgehead atoms. The molecule has 1 aliphatic heterocycles. The molecule has 0 aromatic heterocycles. The van der Waals surface area contributed by atoms with Crippen LogP contribution in [0.25, 0.3) is 0 Å². The van der Waals surface area contributed by atoms with Crippen molar-refractivity contribution in [1.29, 1.82) is 0 Å². The largest absolute Gasteiger partial charge is 0.369 e. The molecule has 0 spiro atoms. The van der Waals surface area contributed by atoms with Crippen molar-refractivity contribution in [2.45, 2.75) is 45.4 Å². The van der Waals surface area contributed by atoms with Gasteiger partial charge >= 0.3 is 0 Å². The lowest BCUT2D eigenvalue weighted by molar-refractivity contribution is -0.119. The first kappa shape index (κ1) is 9.68. The fourth-order valence-electron chi connectivity index (χ4n) is 1.33. The Morgan fingerprint density at radius 3 is 2.42 bits per heavy atom. The van der Waals surface area contributed by atoms with Crippen molar-refractivity contribution in [2.24, 2.45) is 0 Å². The zero-order valence-corrected chi connectivity index (χ0v) is 8.18. The van der Waals surface area contributed by atoms with Crippen LogP contribution >= 0.6 is 0 Å². The molecule has 0 amide bonds. The number of hydrogen-bond acceptors (Lipinski definition) is 3. The van der Waals surface area contributed by atoms with Gasteiger partial charge < -0.3 is 10.1 Å². The third-order valence-corrected chi connectivity index (χ3v) is 1.89. The van der Waals surface area contributed by atoms with Crippen molar-refractivity contribution in [1.82, 2.24) is 5.32 Å². The second kappa shape index (κ2) is 3.15. The second-order valence-electron chi connectivity index (χ2n) is 4.35. The van der Waals surface area contributed by atoms with Crippen LogP contribution < -0.4 is 5.32 Å². The van der Waals surface area contributed by atoms with Crippen molar-refractivity contribution in [3.05, 3.63) is 0 Å².